The van der Waals surface area contributed by atoms with Crippen molar-refractivity contribution in [1.82, 2.24) is 15.1 Å². The second-order valence-electron chi connectivity index (χ2n) is 4.25. The smallest absolute Gasteiger partial charge is 0.252 e. The van der Waals surface area contributed by atoms with Crippen molar-refractivity contribution in [2.24, 2.45) is 0 Å². The highest BCUT2D eigenvalue weighted by atomic mass is 79.9. The molecule has 5 heteroatoms. The molecule has 0 bridgehead atoms. The summed E-state index contributed by atoms with van der Waals surface area (Å²) in [5.41, 5.74) is 1.64. The molecule has 0 fully saturated rings. The monoisotopic (exact) mass is 321 g/mol. The van der Waals surface area contributed by atoms with Gasteiger partial charge in [0.2, 0.25) is 0 Å². The van der Waals surface area contributed by atoms with Gasteiger partial charge in [0.25, 0.3) is 5.91 Å². The van der Waals surface area contributed by atoms with Crippen LogP contribution in [0.4, 0.5) is 0 Å². The molecule has 0 saturated heterocycles. The van der Waals surface area contributed by atoms with Crippen molar-refractivity contribution < 1.29 is 4.79 Å². The zero-order chi connectivity index (χ0) is 13.8. The fourth-order valence-electron chi connectivity index (χ4n) is 1.97. The van der Waals surface area contributed by atoms with Crippen molar-refractivity contribution in [2.45, 2.75) is 26.4 Å². The van der Waals surface area contributed by atoms with E-state index in [1.165, 1.54) is 0 Å². The van der Waals surface area contributed by atoms with Gasteiger partial charge in [0, 0.05) is 17.2 Å². The molecule has 0 aliphatic heterocycles. The van der Waals surface area contributed by atoms with E-state index in [0.717, 1.165) is 16.7 Å². The lowest BCUT2D eigenvalue weighted by Crippen LogP contribution is -2.28. The first-order chi connectivity index (χ1) is 9.13. The van der Waals surface area contributed by atoms with Crippen LogP contribution < -0.4 is 5.32 Å². The quantitative estimate of drug-likeness (QED) is 0.940. The Bertz CT molecular complexity index is 580. The number of aromatic nitrogens is 2. The predicted molar refractivity (Wildman–Crippen MR) is 77.9 cm³/mol. The van der Waals surface area contributed by atoms with E-state index in [4.69, 9.17) is 0 Å². The summed E-state index contributed by atoms with van der Waals surface area (Å²) in [5, 5.41) is 7.19. The van der Waals surface area contributed by atoms with Crippen molar-refractivity contribution in [3.63, 3.8) is 0 Å². The van der Waals surface area contributed by atoms with Gasteiger partial charge in [-0.3, -0.25) is 9.48 Å². The predicted octanol–water partition coefficient (Wildman–Crippen LogP) is 3.16. The van der Waals surface area contributed by atoms with Gasteiger partial charge in [0.05, 0.1) is 17.3 Å². The Kier molecular flexibility index (Phi) is 4.37. The molecule has 0 aliphatic carbocycles. The fourth-order valence-corrected chi connectivity index (χ4v) is 2.43. The number of rotatable bonds is 4. The summed E-state index contributed by atoms with van der Waals surface area (Å²) in [7, 11) is 0. The molecule has 1 unspecified atom stereocenters. The first-order valence-electron chi connectivity index (χ1n) is 6.20. The van der Waals surface area contributed by atoms with E-state index in [-0.39, 0.29) is 11.9 Å². The summed E-state index contributed by atoms with van der Waals surface area (Å²) >= 11 is 3.39. The third-order valence-electron chi connectivity index (χ3n) is 2.96. The summed E-state index contributed by atoms with van der Waals surface area (Å²) in [4.78, 5) is 12.2. The normalized spacial score (nSPS) is 12.2. The van der Waals surface area contributed by atoms with Crippen LogP contribution in [-0.2, 0) is 6.54 Å². The number of carbonyl (C=O) groups is 1. The molecule has 1 atom stereocenters. The van der Waals surface area contributed by atoms with Gasteiger partial charge in [-0.05, 0) is 48.0 Å². The van der Waals surface area contributed by atoms with Crippen LogP contribution >= 0.6 is 15.9 Å². The second kappa shape index (κ2) is 6.02. The van der Waals surface area contributed by atoms with Crippen LogP contribution in [0, 0.1) is 0 Å². The van der Waals surface area contributed by atoms with Crippen molar-refractivity contribution in [3.8, 4) is 0 Å². The molecule has 0 spiro atoms. The second-order valence-corrected chi connectivity index (χ2v) is 5.10. The molecule has 1 aromatic heterocycles. The van der Waals surface area contributed by atoms with E-state index in [9.17, 15) is 4.79 Å². The molecule has 0 radical (unpaired) electrons. The first-order valence-corrected chi connectivity index (χ1v) is 7.00. The fraction of sp³-hybridized carbons (Fsp3) is 0.286. The SMILES string of the molecule is CCn1nccc1C(C)NC(=O)c1ccccc1Br. The number of amides is 1. The third-order valence-corrected chi connectivity index (χ3v) is 3.65. The molecule has 0 aliphatic rings. The lowest BCUT2D eigenvalue weighted by Gasteiger charge is -2.15. The average Bonchev–Trinajstić information content (AvgIpc) is 2.87. The highest BCUT2D eigenvalue weighted by Crippen LogP contribution is 2.18. The minimum Gasteiger partial charge on any atom is -0.344 e. The number of aryl methyl sites for hydroxylation is 1. The molecule has 1 amide bonds. The van der Waals surface area contributed by atoms with E-state index >= 15 is 0 Å². The summed E-state index contributed by atoms with van der Waals surface area (Å²) < 4.78 is 2.68. The zero-order valence-electron chi connectivity index (χ0n) is 10.9. The third kappa shape index (κ3) is 3.04. The van der Waals surface area contributed by atoms with Crippen molar-refractivity contribution >= 4 is 21.8 Å². The van der Waals surface area contributed by atoms with E-state index in [0.29, 0.717) is 5.56 Å². The standard InChI is InChI=1S/C14H16BrN3O/c1-3-18-13(8-9-16-18)10(2)17-14(19)11-6-4-5-7-12(11)15/h4-10H,3H2,1-2H3,(H,17,19). The van der Waals surface area contributed by atoms with Crippen molar-refractivity contribution in [2.75, 3.05) is 0 Å². The molecular weight excluding hydrogens is 306 g/mol. The minimum absolute atomic E-state index is 0.0814. The van der Waals surface area contributed by atoms with E-state index in [2.05, 4.69) is 26.3 Å². The van der Waals surface area contributed by atoms with Gasteiger partial charge >= 0.3 is 0 Å². The lowest BCUT2D eigenvalue weighted by atomic mass is 10.2. The summed E-state index contributed by atoms with van der Waals surface area (Å²) in [6.07, 6.45) is 1.75. The number of nitrogens with zero attached hydrogens (tertiary/aromatic N) is 2. The number of hydrogen-bond donors (Lipinski definition) is 1. The maximum absolute atomic E-state index is 12.2. The molecular formula is C14H16BrN3O. The molecule has 1 N–H and O–H groups in total. The van der Waals surface area contributed by atoms with Crippen LogP contribution in [0.15, 0.2) is 41.0 Å². The van der Waals surface area contributed by atoms with Gasteiger partial charge in [0.15, 0.2) is 0 Å². The topological polar surface area (TPSA) is 46.9 Å². The van der Waals surface area contributed by atoms with Crippen molar-refractivity contribution in [1.29, 1.82) is 0 Å². The van der Waals surface area contributed by atoms with Gasteiger partial charge in [-0.25, -0.2) is 0 Å². The van der Waals surface area contributed by atoms with Gasteiger partial charge in [0.1, 0.15) is 0 Å². The van der Waals surface area contributed by atoms with Crippen LogP contribution in [0.3, 0.4) is 0 Å². The highest BCUT2D eigenvalue weighted by Gasteiger charge is 2.15. The summed E-state index contributed by atoms with van der Waals surface area (Å²) in [6.45, 7) is 4.77. The van der Waals surface area contributed by atoms with Crippen LogP contribution in [0.25, 0.3) is 0 Å². The van der Waals surface area contributed by atoms with Gasteiger partial charge in [-0.1, -0.05) is 12.1 Å². The number of benzene rings is 1. The van der Waals surface area contributed by atoms with E-state index in [1.54, 1.807) is 12.3 Å². The number of hydrogen-bond acceptors (Lipinski definition) is 2. The Hall–Kier alpha value is -1.62. The Labute approximate surface area is 120 Å². The van der Waals surface area contributed by atoms with Gasteiger partial charge in [-0.15, -0.1) is 0 Å². The Morgan fingerprint density at radius 3 is 2.84 bits per heavy atom. The maximum Gasteiger partial charge on any atom is 0.252 e. The average molecular weight is 322 g/mol. The Morgan fingerprint density at radius 2 is 2.16 bits per heavy atom. The van der Waals surface area contributed by atoms with Crippen LogP contribution in [0.5, 0.6) is 0 Å². The molecule has 19 heavy (non-hydrogen) atoms. The molecule has 4 nitrogen and oxygen atoms in total. The summed E-state index contributed by atoms with van der Waals surface area (Å²) in [5.74, 6) is -0.0937. The molecule has 100 valence electrons. The maximum atomic E-state index is 12.2. The Morgan fingerprint density at radius 1 is 1.42 bits per heavy atom. The zero-order valence-corrected chi connectivity index (χ0v) is 12.5. The molecule has 1 aromatic carbocycles. The largest absolute Gasteiger partial charge is 0.344 e. The lowest BCUT2D eigenvalue weighted by molar-refractivity contribution is 0.0937. The van der Waals surface area contributed by atoms with Crippen LogP contribution in [0.2, 0.25) is 0 Å². The molecule has 1 heterocycles. The van der Waals surface area contributed by atoms with Crippen LogP contribution in [-0.4, -0.2) is 15.7 Å². The number of halogens is 1. The van der Waals surface area contributed by atoms with E-state index in [1.807, 2.05) is 42.8 Å². The first kappa shape index (κ1) is 13.8. The number of nitrogens with one attached hydrogen (secondary N) is 1. The van der Waals surface area contributed by atoms with Crippen LogP contribution in [0.1, 0.15) is 35.9 Å². The Balaban J connectivity index is 2.13. The highest BCUT2D eigenvalue weighted by molar-refractivity contribution is 9.10. The molecule has 2 rings (SSSR count). The van der Waals surface area contributed by atoms with Gasteiger partial charge < -0.3 is 5.32 Å². The number of carbonyl (C=O) groups excluding carboxylic acids is 1. The summed E-state index contributed by atoms with van der Waals surface area (Å²) in [6, 6.07) is 9.23. The van der Waals surface area contributed by atoms with Gasteiger partial charge in [-0.2, -0.15) is 5.10 Å². The van der Waals surface area contributed by atoms with E-state index < -0.39 is 0 Å². The van der Waals surface area contributed by atoms with Crippen molar-refractivity contribution in [3.05, 3.63) is 52.3 Å². The molecule has 2 aromatic rings. The minimum atomic E-state index is -0.0937. The molecule has 0 saturated carbocycles.